The average molecular weight is 334 g/mol. The fourth-order valence-corrected chi connectivity index (χ4v) is 4.10. The van der Waals surface area contributed by atoms with E-state index in [0.717, 1.165) is 9.87 Å². The molecule has 2 rings (SSSR count). The van der Waals surface area contributed by atoms with Crippen LogP contribution in [-0.2, 0) is 10.0 Å². The zero-order chi connectivity index (χ0) is 17.4. The topological polar surface area (TPSA) is 87.6 Å². The van der Waals surface area contributed by atoms with Gasteiger partial charge < -0.3 is 5.11 Å². The minimum Gasteiger partial charge on any atom is -0.477 e. The fourth-order valence-electron chi connectivity index (χ4n) is 2.55. The molecule has 0 atom stereocenters. The van der Waals surface area contributed by atoms with E-state index in [9.17, 15) is 13.2 Å². The summed E-state index contributed by atoms with van der Waals surface area (Å²) < 4.78 is 26.8. The fraction of sp³-hybridized carbons (Fsp3) is 0.250. The minimum atomic E-state index is -3.83. The lowest BCUT2D eigenvalue weighted by molar-refractivity contribution is 0.0690. The molecular formula is C16H18N2O4S. The lowest BCUT2D eigenvalue weighted by atomic mass is 10.1. The zero-order valence-electron chi connectivity index (χ0n) is 13.4. The summed E-state index contributed by atoms with van der Waals surface area (Å²) in [6, 6.07) is 7.84. The van der Waals surface area contributed by atoms with Gasteiger partial charge in [0, 0.05) is 7.05 Å². The molecule has 0 saturated heterocycles. The van der Waals surface area contributed by atoms with Gasteiger partial charge in [-0.2, -0.15) is 0 Å². The van der Waals surface area contributed by atoms with Gasteiger partial charge in [0.05, 0.1) is 4.90 Å². The number of pyridine rings is 1. The van der Waals surface area contributed by atoms with E-state index in [-0.39, 0.29) is 16.4 Å². The zero-order valence-corrected chi connectivity index (χ0v) is 14.2. The van der Waals surface area contributed by atoms with Crippen molar-refractivity contribution in [3.8, 4) is 0 Å². The van der Waals surface area contributed by atoms with Crippen LogP contribution in [0.2, 0.25) is 0 Å². The Morgan fingerprint density at radius 3 is 2.22 bits per heavy atom. The SMILES string of the molecule is Cc1cc(C)c(S(=O)(=O)N(C)c2cccc(C(=O)O)n2)c(C)c1. The van der Waals surface area contributed by atoms with Gasteiger partial charge in [0.1, 0.15) is 5.82 Å². The Bertz CT molecular complexity index is 852. The third-order valence-corrected chi connectivity index (χ3v) is 5.57. The van der Waals surface area contributed by atoms with Gasteiger partial charge in [-0.25, -0.2) is 18.2 Å². The number of aromatic nitrogens is 1. The number of carbonyl (C=O) groups is 1. The van der Waals surface area contributed by atoms with Crippen molar-refractivity contribution in [2.45, 2.75) is 25.7 Å². The molecule has 0 spiro atoms. The molecule has 2 aromatic rings. The van der Waals surface area contributed by atoms with Crippen molar-refractivity contribution in [3.05, 3.63) is 52.7 Å². The second kappa shape index (κ2) is 6.00. The molecule has 7 heteroatoms. The minimum absolute atomic E-state index is 0.0595. The first-order chi connectivity index (χ1) is 10.6. The molecule has 1 aromatic carbocycles. The van der Waals surface area contributed by atoms with Gasteiger partial charge in [-0.15, -0.1) is 0 Å². The normalized spacial score (nSPS) is 11.3. The number of anilines is 1. The molecule has 122 valence electrons. The highest BCUT2D eigenvalue weighted by Gasteiger charge is 2.26. The van der Waals surface area contributed by atoms with Crippen LogP contribution in [0.15, 0.2) is 35.2 Å². The van der Waals surface area contributed by atoms with Crippen LogP contribution < -0.4 is 4.31 Å². The van der Waals surface area contributed by atoms with E-state index in [1.54, 1.807) is 26.0 Å². The molecule has 0 aliphatic heterocycles. The second-order valence-corrected chi connectivity index (χ2v) is 7.29. The molecule has 0 radical (unpaired) electrons. The molecule has 0 aliphatic carbocycles. The van der Waals surface area contributed by atoms with Crippen LogP contribution >= 0.6 is 0 Å². The number of aryl methyl sites for hydroxylation is 3. The lowest BCUT2D eigenvalue weighted by Crippen LogP contribution is -2.29. The third kappa shape index (κ3) is 3.19. The summed E-state index contributed by atoms with van der Waals surface area (Å²) in [5.41, 5.74) is 2.06. The summed E-state index contributed by atoms with van der Waals surface area (Å²) in [4.78, 5) is 15.1. The maximum absolute atomic E-state index is 12.9. The standard InChI is InChI=1S/C16H18N2O4S/c1-10-8-11(2)15(12(3)9-10)23(21,22)18(4)14-7-5-6-13(17-14)16(19)20/h5-9H,1-4H3,(H,19,20). The quantitative estimate of drug-likeness (QED) is 0.928. The van der Waals surface area contributed by atoms with Gasteiger partial charge in [-0.05, 0) is 44.0 Å². The van der Waals surface area contributed by atoms with E-state index in [2.05, 4.69) is 4.98 Å². The summed E-state index contributed by atoms with van der Waals surface area (Å²) in [5.74, 6) is -1.15. The van der Waals surface area contributed by atoms with Crippen molar-refractivity contribution < 1.29 is 18.3 Å². The molecule has 0 unspecified atom stereocenters. The average Bonchev–Trinajstić information content (AvgIpc) is 2.45. The molecule has 0 amide bonds. The molecule has 1 heterocycles. The van der Waals surface area contributed by atoms with Crippen LogP contribution in [0.25, 0.3) is 0 Å². The Hall–Kier alpha value is -2.41. The summed E-state index contributed by atoms with van der Waals surface area (Å²) in [6.45, 7) is 5.38. The van der Waals surface area contributed by atoms with Gasteiger partial charge in [-0.3, -0.25) is 4.31 Å². The lowest BCUT2D eigenvalue weighted by Gasteiger charge is -2.21. The van der Waals surface area contributed by atoms with Crippen molar-refractivity contribution in [2.24, 2.45) is 0 Å². The number of carboxylic acid groups (broad SMARTS) is 1. The number of sulfonamides is 1. The van der Waals surface area contributed by atoms with Crippen LogP contribution in [0.4, 0.5) is 5.82 Å². The van der Waals surface area contributed by atoms with Crippen LogP contribution in [-0.4, -0.2) is 31.5 Å². The van der Waals surface area contributed by atoms with Gasteiger partial charge in [0.15, 0.2) is 5.69 Å². The Labute approximate surface area is 135 Å². The first-order valence-corrected chi connectivity index (χ1v) is 8.35. The molecular weight excluding hydrogens is 316 g/mol. The van der Waals surface area contributed by atoms with E-state index in [1.165, 1.54) is 25.2 Å². The van der Waals surface area contributed by atoms with E-state index in [0.29, 0.717) is 11.1 Å². The van der Waals surface area contributed by atoms with E-state index in [4.69, 9.17) is 5.11 Å². The van der Waals surface area contributed by atoms with E-state index < -0.39 is 16.0 Å². The largest absolute Gasteiger partial charge is 0.477 e. The van der Waals surface area contributed by atoms with Gasteiger partial charge in [0.2, 0.25) is 0 Å². The molecule has 0 aliphatic rings. The van der Waals surface area contributed by atoms with E-state index in [1.807, 2.05) is 6.92 Å². The number of aromatic carboxylic acids is 1. The maximum atomic E-state index is 12.9. The number of hydrogen-bond acceptors (Lipinski definition) is 4. The summed E-state index contributed by atoms with van der Waals surface area (Å²) in [5, 5.41) is 9.00. The Morgan fingerprint density at radius 1 is 1.13 bits per heavy atom. The number of carboxylic acids is 1. The number of hydrogen-bond donors (Lipinski definition) is 1. The second-order valence-electron chi connectivity index (χ2n) is 5.39. The highest BCUT2D eigenvalue weighted by Crippen LogP contribution is 2.27. The Balaban J connectivity index is 2.56. The smallest absolute Gasteiger partial charge is 0.354 e. The molecule has 0 fully saturated rings. The highest BCUT2D eigenvalue weighted by atomic mass is 32.2. The number of benzene rings is 1. The van der Waals surface area contributed by atoms with Crippen molar-refractivity contribution in [2.75, 3.05) is 11.4 Å². The summed E-state index contributed by atoms with van der Waals surface area (Å²) in [7, 11) is -2.47. The van der Waals surface area contributed by atoms with Crippen LogP contribution in [0.5, 0.6) is 0 Å². The Kier molecular flexibility index (Phi) is 4.42. The van der Waals surface area contributed by atoms with Crippen molar-refractivity contribution in [3.63, 3.8) is 0 Å². The Morgan fingerprint density at radius 2 is 1.70 bits per heavy atom. The maximum Gasteiger partial charge on any atom is 0.354 e. The molecule has 6 nitrogen and oxygen atoms in total. The molecule has 23 heavy (non-hydrogen) atoms. The van der Waals surface area contributed by atoms with E-state index >= 15 is 0 Å². The predicted molar refractivity (Wildman–Crippen MR) is 87.4 cm³/mol. The van der Waals surface area contributed by atoms with Crippen LogP contribution in [0.3, 0.4) is 0 Å². The van der Waals surface area contributed by atoms with Crippen LogP contribution in [0.1, 0.15) is 27.2 Å². The number of rotatable bonds is 4. The first-order valence-electron chi connectivity index (χ1n) is 6.91. The van der Waals surface area contributed by atoms with Crippen molar-refractivity contribution in [1.82, 2.24) is 4.98 Å². The highest BCUT2D eigenvalue weighted by molar-refractivity contribution is 7.92. The summed E-state index contributed by atoms with van der Waals surface area (Å²) in [6.07, 6.45) is 0. The van der Waals surface area contributed by atoms with Gasteiger partial charge in [0.25, 0.3) is 10.0 Å². The molecule has 0 saturated carbocycles. The van der Waals surface area contributed by atoms with Crippen LogP contribution in [0, 0.1) is 20.8 Å². The van der Waals surface area contributed by atoms with Crippen molar-refractivity contribution in [1.29, 1.82) is 0 Å². The molecule has 1 N–H and O–H groups in total. The number of nitrogens with zero attached hydrogens (tertiary/aromatic N) is 2. The summed E-state index contributed by atoms with van der Waals surface area (Å²) >= 11 is 0. The van der Waals surface area contributed by atoms with Crippen molar-refractivity contribution >= 4 is 21.8 Å². The molecule has 1 aromatic heterocycles. The monoisotopic (exact) mass is 334 g/mol. The molecule has 0 bridgehead atoms. The van der Waals surface area contributed by atoms with Gasteiger partial charge >= 0.3 is 5.97 Å². The third-order valence-electron chi connectivity index (χ3n) is 3.50. The van der Waals surface area contributed by atoms with Gasteiger partial charge in [-0.1, -0.05) is 23.8 Å². The first kappa shape index (κ1) is 17.0. The predicted octanol–water partition coefficient (Wildman–Crippen LogP) is 2.53.